The van der Waals surface area contributed by atoms with Crippen LogP contribution < -0.4 is 10.0 Å². The first-order valence-corrected chi connectivity index (χ1v) is 9.97. The van der Waals surface area contributed by atoms with Gasteiger partial charge in [0.05, 0.1) is 10.5 Å². The summed E-state index contributed by atoms with van der Waals surface area (Å²) in [5.74, 6) is -0.403. The van der Waals surface area contributed by atoms with Gasteiger partial charge in [0, 0.05) is 15.8 Å². The number of carbonyl (C=O) groups is 1. The van der Waals surface area contributed by atoms with Crippen molar-refractivity contribution >= 4 is 43.2 Å². The van der Waals surface area contributed by atoms with Crippen molar-refractivity contribution in [1.82, 2.24) is 0 Å². The monoisotopic (exact) mass is 430 g/mol. The number of rotatable bonds is 5. The molecule has 0 saturated carbocycles. The minimum absolute atomic E-state index is 0.00256. The Kier molecular flexibility index (Phi) is 5.39. The quantitative estimate of drug-likeness (QED) is 0.625. The molecule has 132 valence electrons. The Balaban J connectivity index is 1.88. The molecule has 5 nitrogen and oxygen atoms in total. The fourth-order valence-corrected chi connectivity index (χ4v) is 3.80. The van der Waals surface area contributed by atoms with E-state index >= 15 is 0 Å². The predicted molar refractivity (Wildman–Crippen MR) is 106 cm³/mol. The maximum absolute atomic E-state index is 12.6. The minimum atomic E-state index is -3.81. The van der Waals surface area contributed by atoms with Crippen LogP contribution in [-0.4, -0.2) is 14.3 Å². The molecule has 3 rings (SSSR count). The Bertz CT molecular complexity index is 1020. The lowest BCUT2D eigenvalue weighted by Gasteiger charge is -2.11. The number of carbonyl (C=O) groups excluding carboxylic acids is 1. The molecule has 0 radical (unpaired) electrons. The third-order valence-electron chi connectivity index (χ3n) is 3.55. The van der Waals surface area contributed by atoms with Gasteiger partial charge in [0.15, 0.2) is 0 Å². The van der Waals surface area contributed by atoms with Gasteiger partial charge in [0.2, 0.25) is 0 Å². The van der Waals surface area contributed by atoms with Gasteiger partial charge in [-0.15, -0.1) is 0 Å². The Morgan fingerprint density at radius 3 is 2.00 bits per heavy atom. The molecule has 7 heteroatoms. The second-order valence-electron chi connectivity index (χ2n) is 5.43. The molecule has 0 aliphatic carbocycles. The van der Waals surface area contributed by atoms with Crippen molar-refractivity contribution in [3.63, 3.8) is 0 Å². The van der Waals surface area contributed by atoms with Crippen LogP contribution in [0.2, 0.25) is 0 Å². The zero-order valence-electron chi connectivity index (χ0n) is 13.5. The maximum atomic E-state index is 12.6. The molecule has 0 saturated heterocycles. The van der Waals surface area contributed by atoms with Gasteiger partial charge < -0.3 is 5.32 Å². The van der Waals surface area contributed by atoms with E-state index < -0.39 is 15.9 Å². The van der Waals surface area contributed by atoms with Gasteiger partial charge in [0.1, 0.15) is 0 Å². The van der Waals surface area contributed by atoms with Gasteiger partial charge in [-0.1, -0.05) is 36.4 Å². The summed E-state index contributed by atoms with van der Waals surface area (Å²) in [6.45, 7) is 0. The largest absolute Gasteiger partial charge is 0.322 e. The van der Waals surface area contributed by atoms with E-state index in [1.165, 1.54) is 12.1 Å². The van der Waals surface area contributed by atoms with Crippen LogP contribution in [0.1, 0.15) is 10.4 Å². The molecule has 2 N–H and O–H groups in total. The highest BCUT2D eigenvalue weighted by Gasteiger charge is 2.19. The van der Waals surface area contributed by atoms with E-state index in [0.717, 1.165) is 0 Å². The predicted octanol–water partition coefficient (Wildman–Crippen LogP) is 4.50. The Morgan fingerprint density at radius 2 is 1.38 bits per heavy atom. The molecule has 0 bridgehead atoms. The zero-order valence-corrected chi connectivity index (χ0v) is 15.9. The number of benzene rings is 3. The van der Waals surface area contributed by atoms with Gasteiger partial charge in [-0.2, -0.15) is 0 Å². The van der Waals surface area contributed by atoms with Crippen molar-refractivity contribution in [2.24, 2.45) is 0 Å². The average Bonchev–Trinajstić information content (AvgIpc) is 2.63. The van der Waals surface area contributed by atoms with E-state index in [1.807, 2.05) is 6.07 Å². The SMILES string of the molecule is O=C(Nc1ccccc1)c1cc(S(=O)(=O)Nc2ccccc2)ccc1Br. The van der Waals surface area contributed by atoms with Crippen LogP contribution in [0.3, 0.4) is 0 Å². The summed E-state index contributed by atoms with van der Waals surface area (Å²) in [6.07, 6.45) is 0. The van der Waals surface area contributed by atoms with Crippen LogP contribution >= 0.6 is 15.9 Å². The van der Waals surface area contributed by atoms with E-state index in [0.29, 0.717) is 15.8 Å². The molecule has 3 aromatic carbocycles. The van der Waals surface area contributed by atoms with Crippen molar-refractivity contribution in [2.45, 2.75) is 4.90 Å². The first kappa shape index (κ1) is 18.2. The van der Waals surface area contributed by atoms with Crippen molar-refractivity contribution in [2.75, 3.05) is 10.0 Å². The highest BCUT2D eigenvalue weighted by atomic mass is 79.9. The van der Waals surface area contributed by atoms with Crippen LogP contribution in [0.5, 0.6) is 0 Å². The highest BCUT2D eigenvalue weighted by Crippen LogP contribution is 2.24. The van der Waals surface area contributed by atoms with Gasteiger partial charge in [0.25, 0.3) is 15.9 Å². The van der Waals surface area contributed by atoms with Crippen LogP contribution in [0.25, 0.3) is 0 Å². The number of anilines is 2. The molecule has 1 amide bonds. The molecule has 0 fully saturated rings. The zero-order chi connectivity index (χ0) is 18.6. The molecule has 0 spiro atoms. The van der Waals surface area contributed by atoms with Gasteiger partial charge in [-0.25, -0.2) is 8.42 Å². The van der Waals surface area contributed by atoms with Crippen LogP contribution in [0.15, 0.2) is 88.2 Å². The maximum Gasteiger partial charge on any atom is 0.261 e. The smallest absolute Gasteiger partial charge is 0.261 e. The average molecular weight is 431 g/mol. The molecule has 0 aliphatic heterocycles. The third kappa shape index (κ3) is 4.30. The lowest BCUT2D eigenvalue weighted by molar-refractivity contribution is 0.102. The van der Waals surface area contributed by atoms with Crippen molar-refractivity contribution < 1.29 is 13.2 Å². The first-order valence-electron chi connectivity index (χ1n) is 7.69. The van der Waals surface area contributed by atoms with Gasteiger partial charge >= 0.3 is 0 Å². The Hall–Kier alpha value is -2.64. The van der Waals surface area contributed by atoms with E-state index in [2.05, 4.69) is 26.0 Å². The first-order chi connectivity index (χ1) is 12.5. The number of hydrogen-bond acceptors (Lipinski definition) is 3. The van der Waals surface area contributed by atoms with Crippen molar-refractivity contribution in [3.8, 4) is 0 Å². The van der Waals surface area contributed by atoms with E-state index in [-0.39, 0.29) is 10.5 Å². The highest BCUT2D eigenvalue weighted by molar-refractivity contribution is 9.10. The third-order valence-corrected chi connectivity index (χ3v) is 5.62. The van der Waals surface area contributed by atoms with Gasteiger partial charge in [-0.05, 0) is 58.4 Å². The fraction of sp³-hybridized carbons (Fsp3) is 0. The Labute approximate surface area is 160 Å². The molecule has 26 heavy (non-hydrogen) atoms. The number of para-hydroxylation sites is 2. The molecule has 0 unspecified atom stereocenters. The van der Waals surface area contributed by atoms with E-state index in [9.17, 15) is 13.2 Å². The lowest BCUT2D eigenvalue weighted by atomic mass is 10.2. The number of nitrogens with one attached hydrogen (secondary N) is 2. The molecule has 0 heterocycles. The lowest BCUT2D eigenvalue weighted by Crippen LogP contribution is -2.16. The minimum Gasteiger partial charge on any atom is -0.322 e. The van der Waals surface area contributed by atoms with Crippen LogP contribution in [-0.2, 0) is 10.0 Å². The molecular formula is C19H15BrN2O3S. The van der Waals surface area contributed by atoms with Crippen LogP contribution in [0, 0.1) is 0 Å². The second kappa shape index (κ2) is 7.72. The number of sulfonamides is 1. The summed E-state index contributed by atoms with van der Waals surface area (Å²) in [5.41, 5.74) is 1.30. The summed E-state index contributed by atoms with van der Waals surface area (Å²) in [5, 5.41) is 2.74. The molecule has 3 aromatic rings. The number of hydrogen-bond donors (Lipinski definition) is 2. The van der Waals surface area contributed by atoms with Crippen LogP contribution in [0.4, 0.5) is 11.4 Å². The summed E-state index contributed by atoms with van der Waals surface area (Å²) >= 11 is 3.30. The normalized spacial score (nSPS) is 11.0. The molecule has 0 aliphatic rings. The summed E-state index contributed by atoms with van der Waals surface area (Å²) in [6, 6.07) is 21.8. The fourth-order valence-electron chi connectivity index (χ4n) is 2.29. The summed E-state index contributed by atoms with van der Waals surface area (Å²) in [7, 11) is -3.81. The molecule has 0 aromatic heterocycles. The number of halogens is 1. The second-order valence-corrected chi connectivity index (χ2v) is 7.97. The van der Waals surface area contributed by atoms with E-state index in [1.54, 1.807) is 60.7 Å². The van der Waals surface area contributed by atoms with Gasteiger partial charge in [-0.3, -0.25) is 9.52 Å². The molecular weight excluding hydrogens is 416 g/mol. The Morgan fingerprint density at radius 1 is 0.808 bits per heavy atom. The number of amides is 1. The topological polar surface area (TPSA) is 75.3 Å². The molecule has 0 atom stereocenters. The van der Waals surface area contributed by atoms with E-state index in [4.69, 9.17) is 0 Å². The van der Waals surface area contributed by atoms with Crippen molar-refractivity contribution in [3.05, 3.63) is 88.9 Å². The van der Waals surface area contributed by atoms with Crippen molar-refractivity contribution in [1.29, 1.82) is 0 Å². The summed E-state index contributed by atoms with van der Waals surface area (Å²) < 4.78 is 28.2. The summed E-state index contributed by atoms with van der Waals surface area (Å²) in [4.78, 5) is 12.5. The standard InChI is InChI=1S/C19H15BrN2O3S/c20-18-12-11-16(26(24,25)22-15-9-5-2-6-10-15)13-17(18)19(23)21-14-7-3-1-4-8-14/h1-13,22H,(H,21,23).